The fourth-order valence-corrected chi connectivity index (χ4v) is 1.89. The van der Waals surface area contributed by atoms with Crippen molar-refractivity contribution in [2.45, 2.75) is 32.6 Å². The van der Waals surface area contributed by atoms with Crippen LogP contribution in [0.25, 0.3) is 0 Å². The predicted octanol–water partition coefficient (Wildman–Crippen LogP) is 2.28. The lowest BCUT2D eigenvalue weighted by atomic mass is 10.1. The molecule has 1 amide bonds. The number of rotatable bonds is 8. The number of nitro groups is 1. The summed E-state index contributed by atoms with van der Waals surface area (Å²) in [5.74, 6) is -1.10. The molecule has 0 saturated heterocycles. The molecule has 0 aliphatic heterocycles. The lowest BCUT2D eigenvalue weighted by molar-refractivity contribution is -0.384. The zero-order valence-corrected chi connectivity index (χ0v) is 11.8. The number of non-ortho nitro benzene ring substituents is 1. The number of aryl methyl sites for hydroxylation is 1. The Balaban J connectivity index is 2.42. The molecule has 0 aliphatic rings. The Kier molecular flexibility index (Phi) is 6.32. The van der Waals surface area contributed by atoms with Crippen molar-refractivity contribution in [3.8, 4) is 0 Å². The standard InChI is InChI=1S/C14H18N2O5/c1-10-9-11(16(20)21)6-7-12(10)14(19)15-8-4-2-3-5-13(17)18/h6-7,9H,2-5,8H2,1H3,(H,15,19)(H,17,18). The van der Waals surface area contributed by atoms with E-state index >= 15 is 0 Å². The van der Waals surface area contributed by atoms with Crippen LogP contribution in [0.3, 0.4) is 0 Å². The molecule has 0 fully saturated rings. The molecule has 0 aromatic heterocycles. The number of hydrogen-bond acceptors (Lipinski definition) is 4. The smallest absolute Gasteiger partial charge is 0.303 e. The minimum Gasteiger partial charge on any atom is -0.481 e. The summed E-state index contributed by atoms with van der Waals surface area (Å²) in [6.45, 7) is 2.10. The maximum absolute atomic E-state index is 11.9. The molecule has 0 saturated carbocycles. The van der Waals surface area contributed by atoms with Gasteiger partial charge in [0.1, 0.15) is 0 Å². The first-order valence-corrected chi connectivity index (χ1v) is 6.67. The molecule has 0 heterocycles. The monoisotopic (exact) mass is 294 g/mol. The summed E-state index contributed by atoms with van der Waals surface area (Å²) in [5.41, 5.74) is 0.913. The van der Waals surface area contributed by atoms with Gasteiger partial charge in [-0.15, -0.1) is 0 Å². The fourth-order valence-electron chi connectivity index (χ4n) is 1.89. The maximum atomic E-state index is 11.9. The second-order valence-electron chi connectivity index (χ2n) is 4.72. The van der Waals surface area contributed by atoms with Gasteiger partial charge in [0, 0.05) is 30.7 Å². The van der Waals surface area contributed by atoms with Gasteiger partial charge >= 0.3 is 5.97 Å². The van der Waals surface area contributed by atoms with Gasteiger partial charge in [0.05, 0.1) is 4.92 Å². The van der Waals surface area contributed by atoms with Crippen molar-refractivity contribution in [3.05, 3.63) is 39.4 Å². The van der Waals surface area contributed by atoms with Crippen LogP contribution in [0.5, 0.6) is 0 Å². The van der Waals surface area contributed by atoms with E-state index in [-0.39, 0.29) is 18.0 Å². The molecule has 0 bridgehead atoms. The van der Waals surface area contributed by atoms with E-state index in [2.05, 4.69) is 5.32 Å². The van der Waals surface area contributed by atoms with Gasteiger partial charge in [-0.2, -0.15) is 0 Å². The normalized spacial score (nSPS) is 10.1. The third-order valence-electron chi connectivity index (χ3n) is 3.02. The van der Waals surface area contributed by atoms with E-state index in [1.54, 1.807) is 6.92 Å². The van der Waals surface area contributed by atoms with Crippen LogP contribution in [0, 0.1) is 17.0 Å². The van der Waals surface area contributed by atoms with Crippen molar-refractivity contribution in [1.29, 1.82) is 0 Å². The van der Waals surface area contributed by atoms with Crippen LogP contribution in [-0.2, 0) is 4.79 Å². The Bertz CT molecular complexity index is 542. The number of aliphatic carboxylic acids is 1. The summed E-state index contributed by atoms with van der Waals surface area (Å²) < 4.78 is 0. The number of hydrogen-bond donors (Lipinski definition) is 2. The van der Waals surface area contributed by atoms with Crippen LogP contribution in [0.2, 0.25) is 0 Å². The molecule has 21 heavy (non-hydrogen) atoms. The summed E-state index contributed by atoms with van der Waals surface area (Å²) >= 11 is 0. The minimum atomic E-state index is -0.819. The van der Waals surface area contributed by atoms with E-state index in [0.717, 1.165) is 6.42 Å². The average Bonchev–Trinajstić information content (AvgIpc) is 2.41. The SMILES string of the molecule is Cc1cc([N+](=O)[O-])ccc1C(=O)NCCCCCC(=O)O. The first-order chi connectivity index (χ1) is 9.91. The highest BCUT2D eigenvalue weighted by Gasteiger charge is 2.12. The van der Waals surface area contributed by atoms with Gasteiger partial charge in [-0.3, -0.25) is 19.7 Å². The molecule has 1 rings (SSSR count). The number of carbonyl (C=O) groups is 2. The van der Waals surface area contributed by atoms with E-state index in [9.17, 15) is 19.7 Å². The van der Waals surface area contributed by atoms with Crippen LogP contribution < -0.4 is 5.32 Å². The molecule has 7 heteroatoms. The molecular formula is C14H18N2O5. The molecule has 0 aliphatic carbocycles. The van der Waals surface area contributed by atoms with E-state index < -0.39 is 10.9 Å². The van der Waals surface area contributed by atoms with Crippen molar-refractivity contribution in [1.82, 2.24) is 5.32 Å². The lowest BCUT2D eigenvalue weighted by Crippen LogP contribution is -2.25. The summed E-state index contributed by atoms with van der Waals surface area (Å²) in [6.07, 6.45) is 2.15. The maximum Gasteiger partial charge on any atom is 0.303 e. The van der Waals surface area contributed by atoms with Gasteiger partial charge in [-0.1, -0.05) is 6.42 Å². The number of amides is 1. The zero-order valence-electron chi connectivity index (χ0n) is 11.8. The number of unbranched alkanes of at least 4 members (excludes halogenated alkanes) is 2. The Morgan fingerprint density at radius 2 is 2.00 bits per heavy atom. The van der Waals surface area contributed by atoms with E-state index in [4.69, 9.17) is 5.11 Å². The molecular weight excluding hydrogens is 276 g/mol. The van der Waals surface area contributed by atoms with Gasteiger partial charge in [-0.05, 0) is 31.4 Å². The highest BCUT2D eigenvalue weighted by molar-refractivity contribution is 5.95. The largest absolute Gasteiger partial charge is 0.481 e. The second kappa shape index (κ2) is 7.98. The van der Waals surface area contributed by atoms with Crippen LogP contribution >= 0.6 is 0 Å². The molecule has 0 spiro atoms. The van der Waals surface area contributed by atoms with Crippen LogP contribution in [0.1, 0.15) is 41.6 Å². The van der Waals surface area contributed by atoms with Crippen LogP contribution in [0.15, 0.2) is 18.2 Å². The molecule has 1 aromatic rings. The summed E-state index contributed by atoms with van der Waals surface area (Å²) in [7, 11) is 0. The summed E-state index contributed by atoms with van der Waals surface area (Å²) in [5, 5.41) is 21.8. The van der Waals surface area contributed by atoms with Crippen molar-refractivity contribution < 1.29 is 19.6 Å². The second-order valence-corrected chi connectivity index (χ2v) is 4.72. The molecule has 2 N–H and O–H groups in total. The number of nitro benzene ring substituents is 1. The lowest BCUT2D eigenvalue weighted by Gasteiger charge is -2.07. The van der Waals surface area contributed by atoms with Gasteiger partial charge in [0.25, 0.3) is 11.6 Å². The molecule has 0 atom stereocenters. The van der Waals surface area contributed by atoms with Crippen LogP contribution in [-0.4, -0.2) is 28.5 Å². The summed E-state index contributed by atoms with van der Waals surface area (Å²) in [4.78, 5) is 32.3. The third-order valence-corrected chi connectivity index (χ3v) is 3.02. The van der Waals surface area contributed by atoms with Gasteiger partial charge in [0.15, 0.2) is 0 Å². The highest BCUT2D eigenvalue weighted by Crippen LogP contribution is 2.17. The van der Waals surface area contributed by atoms with Crippen molar-refractivity contribution in [3.63, 3.8) is 0 Å². The first kappa shape index (κ1) is 16.6. The zero-order chi connectivity index (χ0) is 15.8. The van der Waals surface area contributed by atoms with E-state index in [1.807, 2.05) is 0 Å². The average molecular weight is 294 g/mol. The van der Waals surface area contributed by atoms with Gasteiger partial charge < -0.3 is 10.4 Å². The molecule has 0 radical (unpaired) electrons. The van der Waals surface area contributed by atoms with E-state index in [1.165, 1.54) is 18.2 Å². The topological polar surface area (TPSA) is 110 Å². The van der Waals surface area contributed by atoms with Gasteiger partial charge in [-0.25, -0.2) is 0 Å². The van der Waals surface area contributed by atoms with Crippen molar-refractivity contribution in [2.75, 3.05) is 6.54 Å². The number of nitrogens with zero attached hydrogens (tertiary/aromatic N) is 1. The Hall–Kier alpha value is -2.44. The molecule has 114 valence electrons. The highest BCUT2D eigenvalue weighted by atomic mass is 16.6. The van der Waals surface area contributed by atoms with E-state index in [0.29, 0.717) is 30.5 Å². The molecule has 1 aromatic carbocycles. The van der Waals surface area contributed by atoms with Crippen molar-refractivity contribution in [2.24, 2.45) is 0 Å². The quantitative estimate of drug-likeness (QED) is 0.434. The van der Waals surface area contributed by atoms with Crippen LogP contribution in [0.4, 0.5) is 5.69 Å². The first-order valence-electron chi connectivity index (χ1n) is 6.67. The Morgan fingerprint density at radius 1 is 1.29 bits per heavy atom. The Morgan fingerprint density at radius 3 is 2.57 bits per heavy atom. The Labute approximate surface area is 122 Å². The third kappa shape index (κ3) is 5.60. The predicted molar refractivity (Wildman–Crippen MR) is 76.3 cm³/mol. The van der Waals surface area contributed by atoms with Gasteiger partial charge in [0.2, 0.25) is 0 Å². The number of carboxylic acid groups (broad SMARTS) is 1. The number of benzene rings is 1. The number of nitrogens with one attached hydrogen (secondary N) is 1. The summed E-state index contributed by atoms with van der Waals surface area (Å²) in [6, 6.07) is 4.10. The molecule has 0 unspecified atom stereocenters. The number of carboxylic acids is 1. The molecule has 7 nitrogen and oxygen atoms in total. The fraction of sp³-hybridized carbons (Fsp3) is 0.429. The number of carbonyl (C=O) groups excluding carboxylic acids is 1. The minimum absolute atomic E-state index is 0.0438. The van der Waals surface area contributed by atoms with Crippen molar-refractivity contribution >= 4 is 17.6 Å².